The summed E-state index contributed by atoms with van der Waals surface area (Å²) in [5, 5.41) is 23.3. The lowest BCUT2D eigenvalue weighted by atomic mass is 10.0. The van der Waals surface area contributed by atoms with Gasteiger partial charge >= 0.3 is 5.97 Å². The summed E-state index contributed by atoms with van der Waals surface area (Å²) in [6, 6.07) is -0.626. The number of nitrogens with one attached hydrogen (secondary N) is 1. The smallest absolute Gasteiger partial charge is 0.305 e. The highest BCUT2D eigenvalue weighted by atomic mass is 16.5. The van der Waals surface area contributed by atoms with E-state index in [9.17, 15) is 19.8 Å². The second kappa shape index (κ2) is 81.5. The Bertz CT molecular complexity index is 1490. The molecule has 0 aliphatic carbocycles. The van der Waals surface area contributed by atoms with E-state index in [1.165, 1.54) is 405 Å². The molecule has 3 N–H and O–H groups in total. The summed E-state index contributed by atoms with van der Waals surface area (Å²) in [6.45, 7) is 4.95. The fraction of sp³-hybridized carbons (Fsp3) is 0.907. The van der Waals surface area contributed by atoms with E-state index in [0.29, 0.717) is 19.4 Å². The molecule has 0 heterocycles. The number of hydrogen-bond acceptors (Lipinski definition) is 5. The number of unbranched alkanes of at least 4 members (excludes halogenated alkanes) is 65. The molecular weight excluding hydrogens is 1130 g/mol. The molecule has 6 heteroatoms. The zero-order valence-electron chi connectivity index (χ0n) is 62.6. The summed E-state index contributed by atoms with van der Waals surface area (Å²) in [5.74, 6) is -0.0437. The number of hydrogen-bond donors (Lipinski definition) is 3. The Kier molecular flexibility index (Phi) is 79.8. The van der Waals surface area contributed by atoms with Gasteiger partial charge in [0, 0.05) is 12.8 Å². The number of ether oxygens (including phenoxy) is 1. The van der Waals surface area contributed by atoms with Gasteiger partial charge in [-0.2, -0.15) is 0 Å². The van der Waals surface area contributed by atoms with Gasteiger partial charge in [-0.15, -0.1) is 0 Å². The first kappa shape index (κ1) is 90.1. The Hall–Kier alpha value is -1.92. The van der Waals surface area contributed by atoms with Gasteiger partial charge in [0.25, 0.3) is 0 Å². The third-order valence-corrected chi connectivity index (χ3v) is 19.9. The number of aliphatic hydroxyl groups is 2. The van der Waals surface area contributed by atoms with Crippen molar-refractivity contribution < 1.29 is 24.5 Å². The summed E-state index contributed by atoms with van der Waals surface area (Å²) in [5.41, 5.74) is 0. The Balaban J connectivity index is 3.34. The number of carbonyl (C=O) groups excluding carboxylic acids is 2. The van der Waals surface area contributed by atoms with Crippen molar-refractivity contribution in [1.29, 1.82) is 0 Å². The second-order valence-electron chi connectivity index (χ2n) is 29.2. The predicted octanol–water partition coefficient (Wildman–Crippen LogP) is 28.2. The molecule has 0 fully saturated rings. The van der Waals surface area contributed by atoms with E-state index in [4.69, 9.17) is 4.74 Å². The summed E-state index contributed by atoms with van der Waals surface area (Å²) in [4.78, 5) is 24.6. The van der Waals surface area contributed by atoms with Gasteiger partial charge in [0.15, 0.2) is 0 Å². The van der Waals surface area contributed by atoms with Crippen LogP contribution in [0.4, 0.5) is 0 Å². The van der Waals surface area contributed by atoms with Gasteiger partial charge in [-0.05, 0) is 83.5 Å². The van der Waals surface area contributed by atoms with Crippen LogP contribution in [0.25, 0.3) is 0 Å². The minimum atomic E-state index is -0.843. The van der Waals surface area contributed by atoms with Crippen molar-refractivity contribution in [2.75, 3.05) is 13.2 Å². The summed E-state index contributed by atoms with van der Waals surface area (Å²) >= 11 is 0. The van der Waals surface area contributed by atoms with E-state index in [1.54, 1.807) is 6.08 Å². The number of esters is 1. The monoisotopic (exact) mass is 1290 g/mol. The SMILES string of the molecule is CCCCCCCC/C=C\CCCCCCCC(=O)OCCCCCCCCCCCCCCCCCCCC/C=C\CCCCCCCCCCCCCCCCCCCC(=O)NC(CO)C(O)/C=C/CCCCCCCCCCCCCCCCCCCCC. The molecule has 0 radical (unpaired) electrons. The molecule has 1 amide bonds. The number of aliphatic hydroxyl groups excluding tert-OH is 2. The highest BCUT2D eigenvalue weighted by Crippen LogP contribution is 2.20. The second-order valence-corrected chi connectivity index (χ2v) is 29.2. The molecule has 0 spiro atoms. The van der Waals surface area contributed by atoms with Crippen LogP contribution >= 0.6 is 0 Å². The first-order valence-corrected chi connectivity index (χ1v) is 42.3. The Morgan fingerprint density at radius 3 is 0.772 bits per heavy atom. The molecule has 6 nitrogen and oxygen atoms in total. The maximum absolute atomic E-state index is 12.5. The molecule has 0 saturated carbocycles. The van der Waals surface area contributed by atoms with Crippen LogP contribution in [0, 0.1) is 0 Å². The van der Waals surface area contributed by atoms with E-state index < -0.39 is 12.1 Å². The van der Waals surface area contributed by atoms with Crippen molar-refractivity contribution in [2.24, 2.45) is 0 Å². The molecule has 92 heavy (non-hydrogen) atoms. The van der Waals surface area contributed by atoms with E-state index >= 15 is 0 Å². The van der Waals surface area contributed by atoms with Gasteiger partial charge < -0.3 is 20.3 Å². The lowest BCUT2D eigenvalue weighted by Crippen LogP contribution is -2.45. The van der Waals surface area contributed by atoms with Crippen molar-refractivity contribution in [3.8, 4) is 0 Å². The van der Waals surface area contributed by atoms with Crippen molar-refractivity contribution in [3.63, 3.8) is 0 Å². The lowest BCUT2D eigenvalue weighted by Gasteiger charge is -2.20. The first-order chi connectivity index (χ1) is 45.5. The highest BCUT2D eigenvalue weighted by molar-refractivity contribution is 5.76. The largest absolute Gasteiger partial charge is 0.466 e. The minimum absolute atomic E-state index is 0.0151. The molecule has 0 aliphatic rings. The molecule has 0 bridgehead atoms. The Morgan fingerprint density at radius 2 is 0.511 bits per heavy atom. The number of rotatable bonds is 80. The molecule has 0 aromatic carbocycles. The number of amides is 1. The molecule has 2 unspecified atom stereocenters. The molecular formula is C86H165NO5. The number of allylic oxidation sites excluding steroid dienone is 5. The van der Waals surface area contributed by atoms with Crippen molar-refractivity contribution in [2.45, 2.75) is 488 Å². The van der Waals surface area contributed by atoms with E-state index in [-0.39, 0.29) is 18.5 Å². The Morgan fingerprint density at radius 1 is 0.293 bits per heavy atom. The van der Waals surface area contributed by atoms with E-state index in [1.807, 2.05) is 6.08 Å². The molecule has 0 aromatic rings. The van der Waals surface area contributed by atoms with Crippen molar-refractivity contribution in [1.82, 2.24) is 5.32 Å². The van der Waals surface area contributed by atoms with Gasteiger partial charge in [0.2, 0.25) is 5.91 Å². The van der Waals surface area contributed by atoms with Crippen molar-refractivity contribution >= 4 is 11.9 Å². The zero-order chi connectivity index (χ0) is 66.3. The number of carbonyl (C=O) groups is 2. The summed E-state index contributed by atoms with van der Waals surface area (Å²) < 4.78 is 5.50. The fourth-order valence-electron chi connectivity index (χ4n) is 13.5. The van der Waals surface area contributed by atoms with Crippen LogP contribution in [0.1, 0.15) is 476 Å². The average molecular weight is 1290 g/mol. The molecule has 0 aliphatic heterocycles. The highest BCUT2D eigenvalue weighted by Gasteiger charge is 2.18. The van der Waals surface area contributed by atoms with Crippen LogP contribution in [0.5, 0.6) is 0 Å². The first-order valence-electron chi connectivity index (χ1n) is 42.3. The standard InChI is InChI=1S/C86H165NO5/c1-3-5-7-9-11-13-15-17-19-20-21-41-44-47-51-54-58-62-66-70-74-78-84(89)83(82-88)87-85(90)79-75-71-67-63-59-55-52-48-45-42-39-37-35-33-31-29-27-25-23-22-24-26-28-30-32-34-36-38-40-43-46-49-53-57-61-65-69-73-77-81-92-86(91)80-76-72-68-64-60-56-50-18-16-14-12-10-8-6-4-2/h18,22-23,50,74,78,83-84,88-89H,3-17,19-21,24-49,51-73,75-77,79-82H2,1-2H3,(H,87,90)/b23-22-,50-18-,78-74+. The van der Waals surface area contributed by atoms with E-state index in [2.05, 4.69) is 43.5 Å². The predicted molar refractivity (Wildman–Crippen MR) is 407 cm³/mol. The third kappa shape index (κ3) is 77.1. The van der Waals surface area contributed by atoms with Crippen molar-refractivity contribution in [3.05, 3.63) is 36.5 Å². The molecule has 0 rings (SSSR count). The van der Waals surface area contributed by atoms with Crippen LogP contribution < -0.4 is 5.32 Å². The summed E-state index contributed by atoms with van der Waals surface area (Å²) in [7, 11) is 0. The van der Waals surface area contributed by atoms with E-state index in [0.717, 1.165) is 44.9 Å². The van der Waals surface area contributed by atoms with Gasteiger partial charge in [-0.25, -0.2) is 0 Å². The zero-order valence-corrected chi connectivity index (χ0v) is 62.6. The van der Waals surface area contributed by atoms with Gasteiger partial charge in [0.1, 0.15) is 0 Å². The molecule has 2 atom stereocenters. The topological polar surface area (TPSA) is 95.9 Å². The third-order valence-electron chi connectivity index (χ3n) is 19.9. The molecule has 0 aromatic heterocycles. The van der Waals surface area contributed by atoms with Crippen LogP contribution in [0.15, 0.2) is 36.5 Å². The van der Waals surface area contributed by atoms with Gasteiger partial charge in [0.05, 0.1) is 25.4 Å². The van der Waals surface area contributed by atoms with Gasteiger partial charge in [-0.3, -0.25) is 9.59 Å². The lowest BCUT2D eigenvalue weighted by molar-refractivity contribution is -0.143. The molecule has 544 valence electrons. The maximum atomic E-state index is 12.5. The molecule has 0 saturated heterocycles. The Labute approximate surface area is 576 Å². The minimum Gasteiger partial charge on any atom is -0.466 e. The quantitative estimate of drug-likeness (QED) is 0.0320. The average Bonchev–Trinajstić information content (AvgIpc) is 3.76. The normalized spacial score (nSPS) is 12.6. The fourth-order valence-corrected chi connectivity index (χ4v) is 13.5. The van der Waals surface area contributed by atoms with Crippen LogP contribution in [-0.4, -0.2) is 47.4 Å². The maximum Gasteiger partial charge on any atom is 0.305 e. The van der Waals surface area contributed by atoms with Crippen LogP contribution in [0.2, 0.25) is 0 Å². The summed E-state index contributed by atoms with van der Waals surface area (Å²) in [6.07, 6.45) is 107. The van der Waals surface area contributed by atoms with Crippen LogP contribution in [-0.2, 0) is 14.3 Å². The van der Waals surface area contributed by atoms with Crippen LogP contribution in [0.3, 0.4) is 0 Å². The van der Waals surface area contributed by atoms with Gasteiger partial charge in [-0.1, -0.05) is 416 Å².